The zero-order valence-corrected chi connectivity index (χ0v) is 15.9. The Morgan fingerprint density at radius 2 is 1.96 bits per heavy atom. The highest BCUT2D eigenvalue weighted by molar-refractivity contribution is 7.80. The van der Waals surface area contributed by atoms with Gasteiger partial charge in [-0.25, -0.2) is 4.39 Å². The van der Waals surface area contributed by atoms with Crippen molar-refractivity contribution in [1.29, 1.82) is 0 Å². The van der Waals surface area contributed by atoms with E-state index in [0.29, 0.717) is 32.6 Å². The van der Waals surface area contributed by atoms with Crippen LogP contribution in [0.3, 0.4) is 0 Å². The van der Waals surface area contributed by atoms with Gasteiger partial charge in [-0.05, 0) is 43.4 Å². The molecule has 0 atom stereocenters. The molecule has 1 heterocycles. The van der Waals surface area contributed by atoms with Crippen LogP contribution in [0.15, 0.2) is 54.9 Å². The average molecular weight is 403 g/mol. The Kier molecular flexibility index (Phi) is 5.83. The van der Waals surface area contributed by atoms with Crippen LogP contribution in [0, 0.1) is 5.82 Å². The standard InChI is InChI=1S/C19H16ClFN4OS/c1-12(26)13-4-2-5-14(8-13)23-19(27)24-15-9-22-25(10-15)11-16-17(20)6-3-7-18(16)21/h2-10H,11H2,1H3,(H2,23,24,27). The lowest BCUT2D eigenvalue weighted by Crippen LogP contribution is -2.19. The van der Waals surface area contributed by atoms with E-state index in [1.807, 2.05) is 6.07 Å². The summed E-state index contributed by atoms with van der Waals surface area (Å²) in [6.07, 6.45) is 3.28. The Bertz CT molecular complexity index is 985. The molecular weight excluding hydrogens is 387 g/mol. The molecule has 0 bridgehead atoms. The molecule has 3 aromatic rings. The van der Waals surface area contributed by atoms with Gasteiger partial charge in [-0.1, -0.05) is 29.8 Å². The molecule has 0 unspecified atom stereocenters. The second kappa shape index (κ2) is 8.28. The fraction of sp³-hybridized carbons (Fsp3) is 0.105. The summed E-state index contributed by atoms with van der Waals surface area (Å²) in [4.78, 5) is 11.5. The first-order valence-corrected chi connectivity index (χ1v) is 8.85. The summed E-state index contributed by atoms with van der Waals surface area (Å²) in [5.74, 6) is -0.402. The van der Waals surface area contributed by atoms with Gasteiger partial charge >= 0.3 is 0 Å². The van der Waals surface area contributed by atoms with Crippen LogP contribution < -0.4 is 10.6 Å². The third-order valence-electron chi connectivity index (χ3n) is 3.80. The highest BCUT2D eigenvalue weighted by Gasteiger charge is 2.09. The van der Waals surface area contributed by atoms with Crippen molar-refractivity contribution in [3.05, 3.63) is 76.8 Å². The summed E-state index contributed by atoms with van der Waals surface area (Å²) in [6, 6.07) is 11.6. The molecule has 0 radical (unpaired) electrons. The molecule has 2 aromatic carbocycles. The quantitative estimate of drug-likeness (QED) is 0.477. The number of halogens is 2. The molecule has 138 valence electrons. The zero-order valence-electron chi connectivity index (χ0n) is 14.4. The fourth-order valence-corrected chi connectivity index (χ4v) is 2.93. The van der Waals surface area contributed by atoms with Crippen LogP contribution in [-0.2, 0) is 6.54 Å². The van der Waals surface area contributed by atoms with Crippen molar-refractivity contribution < 1.29 is 9.18 Å². The third kappa shape index (κ3) is 4.90. The van der Waals surface area contributed by atoms with Gasteiger partial charge in [0.2, 0.25) is 0 Å². The molecular formula is C19H16ClFN4OS. The summed E-state index contributed by atoms with van der Waals surface area (Å²) < 4.78 is 15.4. The van der Waals surface area contributed by atoms with E-state index in [0.717, 1.165) is 0 Å². The SMILES string of the molecule is CC(=O)c1cccc(NC(=S)Nc2cnn(Cc3c(F)cccc3Cl)c2)c1. The van der Waals surface area contributed by atoms with E-state index < -0.39 is 0 Å². The zero-order chi connectivity index (χ0) is 19.4. The van der Waals surface area contributed by atoms with E-state index in [2.05, 4.69) is 15.7 Å². The van der Waals surface area contributed by atoms with Gasteiger partial charge < -0.3 is 10.6 Å². The van der Waals surface area contributed by atoms with Gasteiger partial charge in [0.15, 0.2) is 10.9 Å². The smallest absolute Gasteiger partial charge is 0.175 e. The average Bonchev–Trinajstić information content (AvgIpc) is 3.05. The van der Waals surface area contributed by atoms with E-state index in [-0.39, 0.29) is 18.1 Å². The first kappa shape index (κ1) is 19.0. The van der Waals surface area contributed by atoms with Crippen LogP contribution in [0.4, 0.5) is 15.8 Å². The number of nitrogens with one attached hydrogen (secondary N) is 2. The Morgan fingerprint density at radius 1 is 1.22 bits per heavy atom. The third-order valence-corrected chi connectivity index (χ3v) is 4.36. The Labute approximate surface area is 166 Å². The molecule has 0 aliphatic heterocycles. The molecule has 3 rings (SSSR count). The Morgan fingerprint density at radius 3 is 2.70 bits per heavy atom. The molecule has 2 N–H and O–H groups in total. The van der Waals surface area contributed by atoms with Crippen LogP contribution in [0.25, 0.3) is 0 Å². The lowest BCUT2D eigenvalue weighted by atomic mass is 10.1. The monoisotopic (exact) mass is 402 g/mol. The number of ketones is 1. The summed E-state index contributed by atoms with van der Waals surface area (Å²) >= 11 is 11.3. The maximum atomic E-state index is 13.9. The summed E-state index contributed by atoms with van der Waals surface area (Å²) in [6.45, 7) is 1.71. The van der Waals surface area contributed by atoms with Crippen LogP contribution >= 0.6 is 23.8 Å². The highest BCUT2D eigenvalue weighted by atomic mass is 35.5. The lowest BCUT2D eigenvalue weighted by molar-refractivity contribution is 0.101. The number of hydrogen-bond donors (Lipinski definition) is 2. The number of carbonyl (C=O) groups excluding carboxylic acids is 1. The maximum Gasteiger partial charge on any atom is 0.175 e. The van der Waals surface area contributed by atoms with Gasteiger partial charge in [0.05, 0.1) is 18.4 Å². The molecule has 0 fully saturated rings. The van der Waals surface area contributed by atoms with E-state index >= 15 is 0 Å². The van der Waals surface area contributed by atoms with Crippen molar-refractivity contribution in [3.63, 3.8) is 0 Å². The molecule has 27 heavy (non-hydrogen) atoms. The van der Waals surface area contributed by atoms with Crippen molar-refractivity contribution in [2.45, 2.75) is 13.5 Å². The minimum atomic E-state index is -0.380. The molecule has 5 nitrogen and oxygen atoms in total. The van der Waals surface area contributed by atoms with E-state index in [1.165, 1.54) is 13.0 Å². The van der Waals surface area contributed by atoms with Crippen molar-refractivity contribution in [2.75, 3.05) is 10.6 Å². The molecule has 0 aliphatic rings. The van der Waals surface area contributed by atoms with Gasteiger partial charge in [-0.15, -0.1) is 0 Å². The summed E-state index contributed by atoms with van der Waals surface area (Å²) in [7, 11) is 0. The fourth-order valence-electron chi connectivity index (χ4n) is 2.47. The number of nitrogens with zero attached hydrogens (tertiary/aromatic N) is 2. The molecule has 0 spiro atoms. The van der Waals surface area contributed by atoms with Gasteiger partial charge in [0.1, 0.15) is 5.82 Å². The van der Waals surface area contributed by atoms with E-state index in [9.17, 15) is 9.18 Å². The van der Waals surface area contributed by atoms with Crippen molar-refractivity contribution >= 4 is 46.1 Å². The number of Topliss-reactive ketones (excluding diaryl/α,β-unsaturated/α-hetero) is 1. The number of hydrogen-bond acceptors (Lipinski definition) is 3. The van der Waals surface area contributed by atoms with E-state index in [1.54, 1.807) is 47.4 Å². The van der Waals surface area contributed by atoms with Crippen molar-refractivity contribution in [3.8, 4) is 0 Å². The Balaban J connectivity index is 1.64. The molecule has 0 amide bonds. The molecule has 0 aliphatic carbocycles. The van der Waals surface area contributed by atoms with Crippen LogP contribution in [0.1, 0.15) is 22.8 Å². The number of aromatic nitrogens is 2. The second-order valence-corrected chi connectivity index (χ2v) is 6.66. The molecule has 0 saturated carbocycles. The summed E-state index contributed by atoms with van der Waals surface area (Å²) in [5, 5.41) is 10.9. The van der Waals surface area contributed by atoms with E-state index in [4.69, 9.17) is 23.8 Å². The number of thiocarbonyl (C=S) groups is 1. The summed E-state index contributed by atoms with van der Waals surface area (Å²) in [5.41, 5.74) is 2.31. The van der Waals surface area contributed by atoms with Gasteiger partial charge in [0.25, 0.3) is 0 Å². The maximum absolute atomic E-state index is 13.9. The first-order valence-electron chi connectivity index (χ1n) is 8.07. The predicted molar refractivity (Wildman–Crippen MR) is 109 cm³/mol. The van der Waals surface area contributed by atoms with Crippen LogP contribution in [-0.4, -0.2) is 20.7 Å². The predicted octanol–water partition coefficient (Wildman–Crippen LogP) is 4.74. The van der Waals surface area contributed by atoms with Gasteiger partial charge in [-0.2, -0.15) is 5.10 Å². The number of benzene rings is 2. The lowest BCUT2D eigenvalue weighted by Gasteiger charge is -2.09. The van der Waals surface area contributed by atoms with Gasteiger partial charge in [0, 0.05) is 28.0 Å². The number of rotatable bonds is 5. The van der Waals surface area contributed by atoms with Gasteiger partial charge in [-0.3, -0.25) is 9.48 Å². The number of carbonyl (C=O) groups is 1. The minimum Gasteiger partial charge on any atom is -0.332 e. The van der Waals surface area contributed by atoms with Crippen molar-refractivity contribution in [1.82, 2.24) is 9.78 Å². The van der Waals surface area contributed by atoms with Crippen LogP contribution in [0.2, 0.25) is 5.02 Å². The highest BCUT2D eigenvalue weighted by Crippen LogP contribution is 2.20. The Hall–Kier alpha value is -2.77. The second-order valence-electron chi connectivity index (χ2n) is 5.84. The number of anilines is 2. The largest absolute Gasteiger partial charge is 0.332 e. The molecule has 0 saturated heterocycles. The topological polar surface area (TPSA) is 59.0 Å². The van der Waals surface area contributed by atoms with Crippen LogP contribution in [0.5, 0.6) is 0 Å². The molecule has 8 heteroatoms. The minimum absolute atomic E-state index is 0.0226. The van der Waals surface area contributed by atoms with Crippen molar-refractivity contribution in [2.24, 2.45) is 0 Å². The molecule has 1 aromatic heterocycles. The first-order chi connectivity index (χ1) is 12.9. The normalized spacial score (nSPS) is 10.5.